The van der Waals surface area contributed by atoms with Crippen molar-refractivity contribution in [3.8, 4) is 0 Å². The Hall–Kier alpha value is -2.40. The topological polar surface area (TPSA) is 39.0 Å². The van der Waals surface area contributed by atoms with Crippen molar-refractivity contribution in [2.24, 2.45) is 0 Å². The summed E-state index contributed by atoms with van der Waals surface area (Å²) in [4.78, 5) is 0.330. The molecule has 0 atom stereocenters. The van der Waals surface area contributed by atoms with Crippen LogP contribution in [-0.4, -0.2) is 4.99 Å². The van der Waals surface area contributed by atoms with E-state index in [2.05, 4.69) is 5.32 Å². The highest BCUT2D eigenvalue weighted by atomic mass is 35.5. The van der Waals surface area contributed by atoms with Crippen LogP contribution in [0.1, 0.15) is 11.1 Å². The molecule has 0 saturated heterocycles. The van der Waals surface area contributed by atoms with E-state index in [-0.39, 0.29) is 5.76 Å². The average Bonchev–Trinajstić information content (AvgIpc) is 2.70. The van der Waals surface area contributed by atoms with Crippen molar-refractivity contribution in [1.82, 2.24) is 5.32 Å². The minimum atomic E-state index is -0.302. The summed E-state index contributed by atoms with van der Waals surface area (Å²) in [6, 6.07) is 20.1. The van der Waals surface area contributed by atoms with Crippen LogP contribution in [0.5, 0.6) is 0 Å². The monoisotopic (exact) mass is 414 g/mol. The lowest BCUT2D eigenvalue weighted by Crippen LogP contribution is -2.42. The number of nitrogens with zero attached hydrogens (tertiary/aromatic N) is 1. The molecule has 0 radical (unpaired) electrons. The number of halogens is 2. The van der Waals surface area contributed by atoms with E-state index >= 15 is 0 Å². The van der Waals surface area contributed by atoms with Gasteiger partial charge in [-0.3, -0.25) is 0 Å². The van der Waals surface area contributed by atoms with E-state index in [4.69, 9.17) is 35.4 Å². The van der Waals surface area contributed by atoms with Crippen LogP contribution in [0.15, 0.2) is 79.1 Å². The molecule has 0 spiro atoms. The fourth-order valence-electron chi connectivity index (χ4n) is 2.55. The molecule has 0 amide bonds. The van der Waals surface area contributed by atoms with Crippen molar-refractivity contribution in [3.05, 3.63) is 100 Å². The highest BCUT2D eigenvalue weighted by Crippen LogP contribution is 2.26. The Morgan fingerprint density at radius 3 is 2.33 bits per heavy atom. The van der Waals surface area contributed by atoms with E-state index in [0.717, 1.165) is 5.56 Å². The first-order valence-corrected chi connectivity index (χ1v) is 9.38. The summed E-state index contributed by atoms with van der Waals surface area (Å²) in [6.45, 7) is 0.507. The van der Waals surface area contributed by atoms with Crippen molar-refractivity contribution in [2.75, 3.05) is 0 Å². The molecule has 0 aliphatic heterocycles. The maximum absolute atomic E-state index is 13.2. The number of nitrogens with one attached hydrogen (secondary N) is 1. The Balaban J connectivity index is 2.01. The Morgan fingerprint density at radius 1 is 0.963 bits per heavy atom. The van der Waals surface area contributed by atoms with Crippen molar-refractivity contribution < 1.29 is 9.67 Å². The van der Waals surface area contributed by atoms with Gasteiger partial charge in [0.1, 0.15) is 0 Å². The first-order valence-electron chi connectivity index (χ1n) is 8.22. The fraction of sp³-hybridized carbons (Fsp3) is 0.0476. The van der Waals surface area contributed by atoms with Gasteiger partial charge in [0, 0.05) is 28.7 Å². The van der Waals surface area contributed by atoms with Gasteiger partial charge in [-0.15, -0.1) is 0 Å². The third kappa shape index (κ3) is 4.86. The summed E-state index contributed by atoms with van der Waals surface area (Å²) in [6.07, 6.45) is 3.53. The van der Waals surface area contributed by atoms with Crippen LogP contribution in [0, 0.1) is 0 Å². The number of thiocarbonyl (C=S) groups is 1. The molecule has 1 N–H and O–H groups in total. The molecule has 0 aliphatic rings. The lowest BCUT2D eigenvalue weighted by Gasteiger charge is -2.18. The molecule has 0 unspecified atom stereocenters. The summed E-state index contributed by atoms with van der Waals surface area (Å²) >= 11 is 17.8. The summed E-state index contributed by atoms with van der Waals surface area (Å²) in [5.74, 6) is -0.302. The van der Waals surface area contributed by atoms with Crippen molar-refractivity contribution in [2.45, 2.75) is 6.54 Å². The second-order valence-corrected chi connectivity index (χ2v) is 7.00. The molecule has 0 aliphatic carbocycles. The summed E-state index contributed by atoms with van der Waals surface area (Å²) < 4.78 is 1.68. The van der Waals surface area contributed by atoms with Gasteiger partial charge in [0.25, 0.3) is 0 Å². The third-order valence-electron chi connectivity index (χ3n) is 3.87. The first-order chi connectivity index (χ1) is 13.1. The van der Waals surface area contributed by atoms with Crippen LogP contribution in [-0.2, 0) is 6.54 Å². The highest BCUT2D eigenvalue weighted by molar-refractivity contribution is 7.81. The zero-order valence-corrected chi connectivity index (χ0v) is 16.6. The van der Waals surface area contributed by atoms with Crippen LogP contribution in [0.4, 0.5) is 0 Å². The lowest BCUT2D eigenvalue weighted by molar-refractivity contribution is -0.578. The number of aromatic nitrogens is 1. The van der Waals surface area contributed by atoms with Gasteiger partial charge in [-0.2, -0.15) is 4.57 Å². The molecule has 3 rings (SSSR count). The van der Waals surface area contributed by atoms with Gasteiger partial charge in [-0.25, -0.2) is 0 Å². The smallest absolute Gasteiger partial charge is 0.238 e. The van der Waals surface area contributed by atoms with Crippen LogP contribution in [0.25, 0.3) is 11.5 Å². The minimum Gasteiger partial charge on any atom is -0.867 e. The second-order valence-electron chi connectivity index (χ2n) is 5.75. The number of rotatable bonds is 5. The summed E-state index contributed by atoms with van der Waals surface area (Å²) in [5, 5.41) is 17.2. The summed E-state index contributed by atoms with van der Waals surface area (Å²) in [7, 11) is 0. The Labute approximate surface area is 173 Å². The molecule has 0 bridgehead atoms. The number of hydrogen-bond acceptors (Lipinski definition) is 2. The van der Waals surface area contributed by atoms with E-state index < -0.39 is 0 Å². The van der Waals surface area contributed by atoms with Crippen LogP contribution >= 0.6 is 35.4 Å². The molecule has 3 nitrogen and oxygen atoms in total. The highest BCUT2D eigenvalue weighted by Gasteiger charge is 2.19. The van der Waals surface area contributed by atoms with Crippen molar-refractivity contribution >= 4 is 51.9 Å². The van der Waals surface area contributed by atoms with E-state index in [1.165, 1.54) is 0 Å². The van der Waals surface area contributed by atoms with Crippen LogP contribution < -0.4 is 15.0 Å². The third-order valence-corrected chi connectivity index (χ3v) is 4.78. The molecular formula is C21H16Cl2N2OS. The standard InChI is InChI=1S/C21H16Cl2N2OS/c22-16-9-10-18(23)17(13-16)20(26)19(25-11-5-2-6-12-25)21(27)24-14-15-7-3-1-4-8-15/h1-13H,14H2,(H-,24,26,27). The second kappa shape index (κ2) is 9.00. The molecule has 2 aromatic carbocycles. The van der Waals surface area contributed by atoms with Gasteiger partial charge in [-0.1, -0.05) is 71.8 Å². The van der Waals surface area contributed by atoms with Crippen LogP contribution in [0.2, 0.25) is 10.0 Å². The minimum absolute atomic E-state index is 0.302. The molecule has 0 fully saturated rings. The lowest BCUT2D eigenvalue weighted by atomic mass is 10.1. The van der Waals surface area contributed by atoms with Crippen molar-refractivity contribution in [3.63, 3.8) is 0 Å². The Bertz CT molecular complexity index is 976. The molecule has 6 heteroatoms. The molecule has 0 saturated carbocycles. The zero-order chi connectivity index (χ0) is 19.2. The average molecular weight is 415 g/mol. The molecule has 1 heterocycles. The molecule has 3 aromatic rings. The van der Waals surface area contributed by atoms with Gasteiger partial charge < -0.3 is 10.4 Å². The number of benzene rings is 2. The van der Waals surface area contributed by atoms with E-state index in [0.29, 0.717) is 32.8 Å². The largest absolute Gasteiger partial charge is 0.867 e. The number of pyridine rings is 1. The predicted octanol–water partition coefficient (Wildman–Crippen LogP) is 4.08. The normalized spacial score (nSPS) is 11.6. The van der Waals surface area contributed by atoms with Gasteiger partial charge in [-0.05, 0) is 35.1 Å². The SMILES string of the molecule is [O-]/C(=C(/C(=S)NCc1ccccc1)[n+]1ccccc1)c1cc(Cl)ccc1Cl. The molecule has 136 valence electrons. The zero-order valence-electron chi connectivity index (χ0n) is 14.2. The van der Waals surface area contributed by atoms with E-state index in [1.807, 2.05) is 48.5 Å². The van der Waals surface area contributed by atoms with E-state index in [1.54, 1.807) is 35.2 Å². The fourth-order valence-corrected chi connectivity index (χ4v) is 3.19. The van der Waals surface area contributed by atoms with Crippen molar-refractivity contribution in [1.29, 1.82) is 0 Å². The van der Waals surface area contributed by atoms with Gasteiger partial charge in [0.15, 0.2) is 17.4 Å². The Kier molecular flexibility index (Phi) is 6.45. The van der Waals surface area contributed by atoms with Gasteiger partial charge in [0.05, 0.1) is 0 Å². The molecular weight excluding hydrogens is 399 g/mol. The number of hydrogen-bond donors (Lipinski definition) is 1. The van der Waals surface area contributed by atoms with Gasteiger partial charge >= 0.3 is 0 Å². The van der Waals surface area contributed by atoms with Gasteiger partial charge in [0.2, 0.25) is 5.70 Å². The quantitative estimate of drug-likeness (QED) is 0.295. The molecule has 1 aromatic heterocycles. The summed E-state index contributed by atoms with van der Waals surface area (Å²) in [5.41, 5.74) is 1.68. The maximum Gasteiger partial charge on any atom is 0.238 e. The first kappa shape index (κ1) is 19.4. The van der Waals surface area contributed by atoms with Crippen LogP contribution in [0.3, 0.4) is 0 Å². The Morgan fingerprint density at radius 2 is 1.63 bits per heavy atom. The molecule has 27 heavy (non-hydrogen) atoms. The van der Waals surface area contributed by atoms with E-state index in [9.17, 15) is 5.11 Å². The maximum atomic E-state index is 13.2. The predicted molar refractivity (Wildman–Crippen MR) is 112 cm³/mol.